The summed E-state index contributed by atoms with van der Waals surface area (Å²) in [7, 11) is 0. The average Bonchev–Trinajstić information content (AvgIpc) is 2.80. The molecule has 0 saturated carbocycles. The number of imidazole rings is 1. The molecule has 0 radical (unpaired) electrons. The second-order valence-corrected chi connectivity index (χ2v) is 4.95. The molecule has 0 bridgehead atoms. The van der Waals surface area contributed by atoms with Gasteiger partial charge in [0.15, 0.2) is 11.6 Å². The van der Waals surface area contributed by atoms with Gasteiger partial charge in [-0.2, -0.15) is 0 Å². The van der Waals surface area contributed by atoms with E-state index in [1.165, 1.54) is 11.1 Å². The first-order valence-electron chi connectivity index (χ1n) is 6.51. The molecular weight excluding hydrogens is 258 g/mol. The molecule has 3 rings (SSSR count). The number of halogens is 2. The van der Waals surface area contributed by atoms with Gasteiger partial charge in [0, 0.05) is 18.6 Å². The van der Waals surface area contributed by atoms with Gasteiger partial charge < -0.3 is 4.98 Å². The van der Waals surface area contributed by atoms with E-state index in [0.717, 1.165) is 24.4 Å². The molecular formula is C16H14F2N2. The molecule has 4 heteroatoms. The lowest BCUT2D eigenvalue weighted by Gasteiger charge is -1.99. The van der Waals surface area contributed by atoms with Gasteiger partial charge in [-0.1, -0.05) is 29.8 Å². The molecule has 1 heterocycles. The summed E-state index contributed by atoms with van der Waals surface area (Å²) in [5.41, 5.74) is 3.43. The summed E-state index contributed by atoms with van der Waals surface area (Å²) in [6, 6.07) is 10.6. The Kier molecular flexibility index (Phi) is 3.22. The second kappa shape index (κ2) is 5.04. The van der Waals surface area contributed by atoms with Crippen LogP contribution < -0.4 is 0 Å². The first-order valence-corrected chi connectivity index (χ1v) is 6.51. The molecule has 0 aliphatic rings. The minimum Gasteiger partial charge on any atom is -0.342 e. The van der Waals surface area contributed by atoms with E-state index in [1.54, 1.807) is 0 Å². The van der Waals surface area contributed by atoms with Crippen LogP contribution in [0.4, 0.5) is 8.78 Å². The molecule has 0 atom stereocenters. The van der Waals surface area contributed by atoms with Gasteiger partial charge in [-0.15, -0.1) is 0 Å². The SMILES string of the molecule is Cc1ccc(CCc2nc3cc(F)c(F)cc3[nH]2)cc1. The number of nitrogens with zero attached hydrogens (tertiary/aromatic N) is 1. The van der Waals surface area contributed by atoms with E-state index in [0.29, 0.717) is 17.5 Å². The molecule has 0 spiro atoms. The van der Waals surface area contributed by atoms with E-state index < -0.39 is 11.6 Å². The van der Waals surface area contributed by atoms with Gasteiger partial charge in [-0.05, 0) is 18.9 Å². The Hall–Kier alpha value is -2.23. The van der Waals surface area contributed by atoms with Crippen molar-refractivity contribution in [3.63, 3.8) is 0 Å². The normalized spacial score (nSPS) is 11.2. The van der Waals surface area contributed by atoms with Crippen molar-refractivity contribution in [1.29, 1.82) is 0 Å². The number of fused-ring (bicyclic) bond motifs is 1. The third-order valence-electron chi connectivity index (χ3n) is 3.34. The first-order chi connectivity index (χ1) is 9.61. The number of benzene rings is 2. The van der Waals surface area contributed by atoms with Crippen molar-refractivity contribution >= 4 is 11.0 Å². The lowest BCUT2D eigenvalue weighted by atomic mass is 10.1. The highest BCUT2D eigenvalue weighted by atomic mass is 19.2. The molecule has 0 aliphatic carbocycles. The third-order valence-corrected chi connectivity index (χ3v) is 3.34. The smallest absolute Gasteiger partial charge is 0.161 e. The molecule has 0 aliphatic heterocycles. The number of aromatic nitrogens is 2. The third kappa shape index (κ3) is 2.54. The highest BCUT2D eigenvalue weighted by Crippen LogP contribution is 2.17. The maximum atomic E-state index is 13.1. The number of H-pyrrole nitrogens is 1. The Morgan fingerprint density at radius 3 is 2.45 bits per heavy atom. The van der Waals surface area contributed by atoms with Crippen molar-refractivity contribution in [2.24, 2.45) is 0 Å². The van der Waals surface area contributed by atoms with Crippen LogP contribution in [0.15, 0.2) is 36.4 Å². The Morgan fingerprint density at radius 2 is 1.70 bits per heavy atom. The van der Waals surface area contributed by atoms with Gasteiger partial charge >= 0.3 is 0 Å². The molecule has 1 N–H and O–H groups in total. The van der Waals surface area contributed by atoms with Gasteiger partial charge in [0.05, 0.1) is 11.0 Å². The summed E-state index contributed by atoms with van der Waals surface area (Å²) >= 11 is 0. The Morgan fingerprint density at radius 1 is 1.00 bits per heavy atom. The predicted octanol–water partition coefficient (Wildman–Crippen LogP) is 3.93. The highest BCUT2D eigenvalue weighted by molar-refractivity contribution is 5.75. The van der Waals surface area contributed by atoms with Gasteiger partial charge in [0.2, 0.25) is 0 Å². The summed E-state index contributed by atoms with van der Waals surface area (Å²) < 4.78 is 26.2. The number of aryl methyl sites for hydroxylation is 3. The number of hydrogen-bond donors (Lipinski definition) is 1. The topological polar surface area (TPSA) is 28.7 Å². The lowest BCUT2D eigenvalue weighted by Crippen LogP contribution is -1.93. The van der Waals surface area contributed by atoms with Gasteiger partial charge in [-0.25, -0.2) is 13.8 Å². The fourth-order valence-corrected chi connectivity index (χ4v) is 2.19. The zero-order chi connectivity index (χ0) is 14.1. The highest BCUT2D eigenvalue weighted by Gasteiger charge is 2.08. The molecule has 20 heavy (non-hydrogen) atoms. The van der Waals surface area contributed by atoms with Gasteiger partial charge in [0.25, 0.3) is 0 Å². The van der Waals surface area contributed by atoms with E-state index in [9.17, 15) is 8.78 Å². The summed E-state index contributed by atoms with van der Waals surface area (Å²) in [6.45, 7) is 2.05. The standard InChI is InChI=1S/C16H14F2N2/c1-10-2-4-11(5-3-10)6-7-16-19-14-8-12(17)13(18)9-15(14)20-16/h2-5,8-9H,6-7H2,1H3,(H,19,20). The van der Waals surface area contributed by atoms with Crippen molar-refractivity contribution < 1.29 is 8.78 Å². The molecule has 0 amide bonds. The number of nitrogens with one attached hydrogen (secondary N) is 1. The molecule has 3 aromatic rings. The van der Waals surface area contributed by atoms with Crippen LogP contribution in [0, 0.1) is 18.6 Å². The molecule has 102 valence electrons. The Labute approximate surface area is 115 Å². The van der Waals surface area contributed by atoms with Crippen molar-refractivity contribution in [1.82, 2.24) is 9.97 Å². The van der Waals surface area contributed by atoms with Crippen LogP contribution in [0.3, 0.4) is 0 Å². The monoisotopic (exact) mass is 272 g/mol. The Balaban J connectivity index is 1.79. The van der Waals surface area contributed by atoms with Crippen LogP contribution in [0.2, 0.25) is 0 Å². The minimum absolute atomic E-state index is 0.461. The summed E-state index contributed by atoms with van der Waals surface area (Å²) in [5.74, 6) is -0.981. The second-order valence-electron chi connectivity index (χ2n) is 4.95. The maximum absolute atomic E-state index is 13.1. The summed E-state index contributed by atoms with van der Waals surface area (Å²) in [5, 5.41) is 0. The van der Waals surface area contributed by atoms with Crippen LogP contribution in [-0.4, -0.2) is 9.97 Å². The van der Waals surface area contributed by atoms with Crippen LogP contribution in [0.5, 0.6) is 0 Å². The van der Waals surface area contributed by atoms with Gasteiger partial charge in [0.1, 0.15) is 5.82 Å². The number of hydrogen-bond acceptors (Lipinski definition) is 1. The van der Waals surface area contributed by atoms with Crippen LogP contribution in [0.25, 0.3) is 11.0 Å². The quantitative estimate of drug-likeness (QED) is 0.768. The summed E-state index contributed by atoms with van der Waals surface area (Å²) in [6.07, 6.45) is 1.55. The number of aromatic amines is 1. The summed E-state index contributed by atoms with van der Waals surface area (Å²) in [4.78, 5) is 7.31. The zero-order valence-corrected chi connectivity index (χ0v) is 11.1. The van der Waals surface area contributed by atoms with E-state index in [2.05, 4.69) is 34.2 Å². The minimum atomic E-state index is -0.867. The molecule has 2 aromatic carbocycles. The first kappa shape index (κ1) is 12.8. The van der Waals surface area contributed by atoms with Gasteiger partial charge in [-0.3, -0.25) is 0 Å². The van der Waals surface area contributed by atoms with Crippen molar-refractivity contribution in [3.8, 4) is 0 Å². The lowest BCUT2D eigenvalue weighted by molar-refractivity contribution is 0.510. The molecule has 0 unspecified atom stereocenters. The zero-order valence-electron chi connectivity index (χ0n) is 11.1. The van der Waals surface area contributed by atoms with E-state index in [4.69, 9.17) is 0 Å². The van der Waals surface area contributed by atoms with Crippen LogP contribution in [-0.2, 0) is 12.8 Å². The molecule has 0 saturated heterocycles. The molecule has 2 nitrogen and oxygen atoms in total. The Bertz CT molecular complexity index is 706. The largest absolute Gasteiger partial charge is 0.342 e. The van der Waals surface area contributed by atoms with Crippen molar-refractivity contribution in [3.05, 3.63) is 65.0 Å². The fourth-order valence-electron chi connectivity index (χ4n) is 2.19. The maximum Gasteiger partial charge on any atom is 0.161 e. The van der Waals surface area contributed by atoms with E-state index >= 15 is 0 Å². The van der Waals surface area contributed by atoms with Crippen LogP contribution >= 0.6 is 0 Å². The van der Waals surface area contributed by atoms with E-state index in [-0.39, 0.29) is 0 Å². The van der Waals surface area contributed by atoms with E-state index in [1.807, 2.05) is 6.92 Å². The van der Waals surface area contributed by atoms with Crippen molar-refractivity contribution in [2.75, 3.05) is 0 Å². The predicted molar refractivity (Wildman–Crippen MR) is 74.6 cm³/mol. The molecule has 0 fully saturated rings. The average molecular weight is 272 g/mol. The molecule has 1 aromatic heterocycles. The van der Waals surface area contributed by atoms with Crippen LogP contribution in [0.1, 0.15) is 17.0 Å². The number of rotatable bonds is 3. The fraction of sp³-hybridized carbons (Fsp3) is 0.188. The van der Waals surface area contributed by atoms with Crippen molar-refractivity contribution in [2.45, 2.75) is 19.8 Å².